The lowest BCUT2D eigenvalue weighted by Crippen LogP contribution is -1.92. The van der Waals surface area contributed by atoms with Crippen molar-refractivity contribution in [3.63, 3.8) is 0 Å². The lowest BCUT2D eigenvalue weighted by atomic mass is 10.0. The maximum Gasteiger partial charge on any atom is 0.119 e. The highest BCUT2D eigenvalue weighted by Gasteiger charge is 1.98. The number of aryl methyl sites for hydroxylation is 1. The quantitative estimate of drug-likeness (QED) is 0.677. The molecule has 2 aromatic rings. The van der Waals surface area contributed by atoms with Gasteiger partial charge in [0.05, 0.1) is 0 Å². The first-order valence-corrected chi connectivity index (χ1v) is 6.87. The number of hydrogen-bond donors (Lipinski definition) is 0. The zero-order valence-corrected chi connectivity index (χ0v) is 12.0. The van der Waals surface area contributed by atoms with E-state index in [1.807, 2.05) is 43.4 Å². The van der Waals surface area contributed by atoms with Gasteiger partial charge >= 0.3 is 0 Å². The Labute approximate surface area is 121 Å². The lowest BCUT2D eigenvalue weighted by Gasteiger charge is -2.06. The Hall–Kier alpha value is -2.28. The second-order valence-electron chi connectivity index (χ2n) is 4.66. The summed E-state index contributed by atoms with van der Waals surface area (Å²) in [5.41, 5.74) is 3.72. The van der Waals surface area contributed by atoms with Gasteiger partial charge in [-0.3, -0.25) is 0 Å². The van der Waals surface area contributed by atoms with Crippen LogP contribution in [0.25, 0.3) is 11.1 Å². The maximum atomic E-state index is 5.64. The van der Waals surface area contributed by atoms with E-state index in [0.29, 0.717) is 6.61 Å². The molecule has 1 nitrogen and oxygen atoms in total. The highest BCUT2D eigenvalue weighted by Crippen LogP contribution is 2.22. The first kappa shape index (κ1) is 14.1. The monoisotopic (exact) mass is 264 g/mol. The normalized spacial score (nSPS) is 11.3. The standard InChI is InChI=1S/C19H20O/c1-3-4-5-6-15-20-19-13-11-18(12-14-19)17-9-7-16(2)8-10-17/h3-14H,15H2,1-2H3/b4-3+,6-5+. The fourth-order valence-corrected chi connectivity index (χ4v) is 1.88. The van der Waals surface area contributed by atoms with Crippen LogP contribution < -0.4 is 4.74 Å². The van der Waals surface area contributed by atoms with E-state index in [1.54, 1.807) is 0 Å². The van der Waals surface area contributed by atoms with Crippen molar-refractivity contribution in [1.82, 2.24) is 0 Å². The van der Waals surface area contributed by atoms with Crippen molar-refractivity contribution in [1.29, 1.82) is 0 Å². The predicted octanol–water partition coefficient (Wildman–Crippen LogP) is 5.17. The van der Waals surface area contributed by atoms with Crippen molar-refractivity contribution in [3.05, 3.63) is 78.4 Å². The summed E-state index contributed by atoms with van der Waals surface area (Å²) < 4.78 is 5.64. The van der Waals surface area contributed by atoms with Crippen LogP contribution >= 0.6 is 0 Å². The molecule has 2 rings (SSSR count). The first-order chi connectivity index (χ1) is 9.79. The third-order valence-corrected chi connectivity index (χ3v) is 3.03. The third-order valence-electron chi connectivity index (χ3n) is 3.03. The Morgan fingerprint density at radius 2 is 1.45 bits per heavy atom. The average Bonchev–Trinajstić information content (AvgIpc) is 2.49. The van der Waals surface area contributed by atoms with Gasteiger partial charge in [-0.05, 0) is 43.2 Å². The predicted molar refractivity (Wildman–Crippen MR) is 86.1 cm³/mol. The number of benzene rings is 2. The van der Waals surface area contributed by atoms with Crippen molar-refractivity contribution in [2.24, 2.45) is 0 Å². The number of hydrogen-bond acceptors (Lipinski definition) is 1. The van der Waals surface area contributed by atoms with Crippen LogP contribution in [0.2, 0.25) is 0 Å². The fraction of sp³-hybridized carbons (Fsp3) is 0.158. The second-order valence-corrected chi connectivity index (χ2v) is 4.66. The van der Waals surface area contributed by atoms with Crippen LogP contribution in [-0.2, 0) is 0 Å². The molecule has 0 unspecified atom stereocenters. The molecule has 0 saturated carbocycles. The smallest absolute Gasteiger partial charge is 0.119 e. The number of rotatable bonds is 5. The van der Waals surface area contributed by atoms with E-state index >= 15 is 0 Å². The summed E-state index contributed by atoms with van der Waals surface area (Å²) in [6.07, 6.45) is 7.96. The molecule has 0 aliphatic carbocycles. The summed E-state index contributed by atoms with van der Waals surface area (Å²) in [7, 11) is 0. The first-order valence-electron chi connectivity index (χ1n) is 6.87. The number of allylic oxidation sites excluding steroid dienone is 3. The molecular weight excluding hydrogens is 244 g/mol. The van der Waals surface area contributed by atoms with Crippen LogP contribution in [0.3, 0.4) is 0 Å². The van der Waals surface area contributed by atoms with E-state index in [4.69, 9.17) is 4.74 Å². The van der Waals surface area contributed by atoms with Crippen LogP contribution in [0.15, 0.2) is 72.8 Å². The molecule has 0 spiro atoms. The van der Waals surface area contributed by atoms with Gasteiger partial charge in [-0.25, -0.2) is 0 Å². The van der Waals surface area contributed by atoms with Gasteiger partial charge in [-0.2, -0.15) is 0 Å². The Morgan fingerprint density at radius 3 is 2.05 bits per heavy atom. The lowest BCUT2D eigenvalue weighted by molar-refractivity contribution is 0.363. The Balaban J connectivity index is 1.97. The van der Waals surface area contributed by atoms with E-state index in [0.717, 1.165) is 5.75 Å². The topological polar surface area (TPSA) is 9.23 Å². The molecule has 0 saturated heterocycles. The Morgan fingerprint density at radius 1 is 0.850 bits per heavy atom. The summed E-state index contributed by atoms with van der Waals surface area (Å²) >= 11 is 0. The Kier molecular flexibility index (Phi) is 5.19. The molecule has 20 heavy (non-hydrogen) atoms. The summed E-state index contributed by atoms with van der Waals surface area (Å²) in [5.74, 6) is 0.894. The zero-order chi connectivity index (χ0) is 14.2. The molecule has 0 aliphatic rings. The molecule has 1 heteroatoms. The van der Waals surface area contributed by atoms with Crippen LogP contribution in [0.4, 0.5) is 0 Å². The van der Waals surface area contributed by atoms with Crippen molar-refractivity contribution in [3.8, 4) is 16.9 Å². The van der Waals surface area contributed by atoms with Gasteiger partial charge in [0.1, 0.15) is 12.4 Å². The van der Waals surface area contributed by atoms with Gasteiger partial charge in [0, 0.05) is 0 Å². The van der Waals surface area contributed by atoms with Crippen LogP contribution in [-0.4, -0.2) is 6.61 Å². The van der Waals surface area contributed by atoms with Crippen LogP contribution in [0, 0.1) is 6.92 Å². The maximum absolute atomic E-state index is 5.64. The minimum Gasteiger partial charge on any atom is -0.490 e. The van der Waals surface area contributed by atoms with Gasteiger partial charge in [0.25, 0.3) is 0 Å². The second kappa shape index (κ2) is 7.34. The van der Waals surface area contributed by atoms with Crippen molar-refractivity contribution >= 4 is 0 Å². The van der Waals surface area contributed by atoms with Gasteiger partial charge < -0.3 is 4.74 Å². The SMILES string of the molecule is C/C=C/C=C/COc1ccc(-c2ccc(C)cc2)cc1. The van der Waals surface area contributed by atoms with Crippen molar-refractivity contribution in [2.45, 2.75) is 13.8 Å². The highest BCUT2D eigenvalue weighted by atomic mass is 16.5. The van der Waals surface area contributed by atoms with Crippen LogP contribution in [0.5, 0.6) is 5.75 Å². The molecule has 0 amide bonds. The molecule has 0 aliphatic heterocycles. The average molecular weight is 264 g/mol. The largest absolute Gasteiger partial charge is 0.490 e. The minimum atomic E-state index is 0.591. The molecule has 0 fully saturated rings. The molecule has 2 aromatic carbocycles. The van der Waals surface area contributed by atoms with E-state index in [-0.39, 0.29) is 0 Å². The summed E-state index contributed by atoms with van der Waals surface area (Å²) in [5, 5.41) is 0. The van der Waals surface area contributed by atoms with E-state index in [9.17, 15) is 0 Å². The molecule has 0 radical (unpaired) electrons. The molecular formula is C19H20O. The Bertz CT molecular complexity index is 574. The molecule has 0 aromatic heterocycles. The molecule has 0 heterocycles. The van der Waals surface area contributed by atoms with Crippen molar-refractivity contribution in [2.75, 3.05) is 6.61 Å². The summed E-state index contributed by atoms with van der Waals surface area (Å²) in [6.45, 7) is 4.69. The summed E-state index contributed by atoms with van der Waals surface area (Å²) in [4.78, 5) is 0. The van der Waals surface area contributed by atoms with E-state index in [1.165, 1.54) is 16.7 Å². The third kappa shape index (κ3) is 4.13. The van der Waals surface area contributed by atoms with Gasteiger partial charge in [-0.15, -0.1) is 0 Å². The molecule has 0 N–H and O–H groups in total. The number of ether oxygens (including phenoxy) is 1. The van der Waals surface area contributed by atoms with Gasteiger partial charge in [-0.1, -0.05) is 60.2 Å². The zero-order valence-electron chi connectivity index (χ0n) is 12.0. The minimum absolute atomic E-state index is 0.591. The van der Waals surface area contributed by atoms with Crippen LogP contribution in [0.1, 0.15) is 12.5 Å². The van der Waals surface area contributed by atoms with Gasteiger partial charge in [0.15, 0.2) is 0 Å². The summed E-state index contributed by atoms with van der Waals surface area (Å²) in [6, 6.07) is 16.8. The highest BCUT2D eigenvalue weighted by molar-refractivity contribution is 5.64. The van der Waals surface area contributed by atoms with Crippen molar-refractivity contribution < 1.29 is 4.74 Å². The van der Waals surface area contributed by atoms with E-state index in [2.05, 4.69) is 43.3 Å². The molecule has 102 valence electrons. The fourth-order valence-electron chi connectivity index (χ4n) is 1.88. The molecule has 0 bridgehead atoms. The van der Waals surface area contributed by atoms with E-state index < -0.39 is 0 Å². The van der Waals surface area contributed by atoms with Gasteiger partial charge in [0.2, 0.25) is 0 Å². The molecule has 0 atom stereocenters.